The summed E-state index contributed by atoms with van der Waals surface area (Å²) in [7, 11) is -0.502. The van der Waals surface area contributed by atoms with E-state index in [1.54, 1.807) is 18.2 Å². The largest absolute Gasteiger partial charge is 0.394 e. The summed E-state index contributed by atoms with van der Waals surface area (Å²) in [4.78, 5) is 28.0. The topological polar surface area (TPSA) is 131 Å². The van der Waals surface area contributed by atoms with Crippen LogP contribution in [-0.2, 0) is 19.0 Å². The molecule has 33 heavy (non-hydrogen) atoms. The molecule has 10 nitrogen and oxygen atoms in total. The standard InChI is InChI=1S/C22H25N3O7S/c1-13-11-25(22(28)23-21(13)27)20-10-17(18(12-26)31-20)32-33(29,30)19-9-5-6-14-15(19)7-4-8-16(14)24(2)3/h4-9,11,17-18,20,26H,10,12H2,1-3H3,(H,23,27,28)/t17-,18+,20+/m0/s1. The molecule has 1 fully saturated rings. The van der Waals surface area contributed by atoms with E-state index in [-0.39, 0.29) is 11.3 Å². The SMILES string of the molecule is Cc1cn([C@H]2C[C@H](OS(=O)(=O)c3cccc4c(N(C)C)cccc34)[C@@H](CO)O2)c(=O)[nH]c1=O. The van der Waals surface area contributed by atoms with E-state index < -0.39 is 46.4 Å². The minimum atomic E-state index is -4.24. The van der Waals surface area contributed by atoms with Crippen LogP contribution in [-0.4, -0.2) is 56.0 Å². The van der Waals surface area contributed by atoms with Gasteiger partial charge in [0.1, 0.15) is 23.3 Å². The van der Waals surface area contributed by atoms with Crippen LogP contribution in [0.1, 0.15) is 18.2 Å². The summed E-state index contributed by atoms with van der Waals surface area (Å²) in [6.07, 6.45) is -1.58. The first-order valence-electron chi connectivity index (χ1n) is 10.3. The molecule has 2 aromatic carbocycles. The van der Waals surface area contributed by atoms with Crippen LogP contribution in [0.15, 0.2) is 57.1 Å². The number of aromatic amines is 1. The van der Waals surface area contributed by atoms with Crippen molar-refractivity contribution in [2.24, 2.45) is 0 Å². The Labute approximate surface area is 190 Å². The highest BCUT2D eigenvalue weighted by atomic mass is 32.2. The first-order valence-corrected chi connectivity index (χ1v) is 11.7. The summed E-state index contributed by atoms with van der Waals surface area (Å²) in [6, 6.07) is 10.3. The van der Waals surface area contributed by atoms with Crippen LogP contribution in [0.2, 0.25) is 0 Å². The van der Waals surface area contributed by atoms with Crippen molar-refractivity contribution >= 4 is 26.6 Å². The zero-order valence-electron chi connectivity index (χ0n) is 18.4. The number of aliphatic hydroxyl groups is 1. The average molecular weight is 476 g/mol. The molecule has 2 N–H and O–H groups in total. The lowest BCUT2D eigenvalue weighted by atomic mass is 10.1. The number of rotatable bonds is 6. The van der Waals surface area contributed by atoms with E-state index in [1.165, 1.54) is 19.2 Å². The quantitative estimate of drug-likeness (QED) is 0.507. The van der Waals surface area contributed by atoms with Crippen molar-refractivity contribution in [3.63, 3.8) is 0 Å². The molecule has 0 spiro atoms. The molecule has 0 saturated carbocycles. The van der Waals surface area contributed by atoms with Gasteiger partial charge in [0.15, 0.2) is 0 Å². The maximum Gasteiger partial charge on any atom is 0.330 e. The normalized spacial score (nSPS) is 20.9. The fourth-order valence-corrected chi connectivity index (χ4v) is 5.35. The molecule has 4 rings (SSSR count). The molecule has 3 atom stereocenters. The summed E-state index contributed by atoms with van der Waals surface area (Å²) < 4.78 is 38.9. The van der Waals surface area contributed by atoms with Crippen LogP contribution in [0.3, 0.4) is 0 Å². The van der Waals surface area contributed by atoms with E-state index in [0.717, 1.165) is 15.6 Å². The van der Waals surface area contributed by atoms with Gasteiger partial charge in [-0.05, 0) is 19.1 Å². The number of hydrogen-bond acceptors (Lipinski definition) is 8. The highest BCUT2D eigenvalue weighted by molar-refractivity contribution is 7.87. The molecule has 1 aliphatic heterocycles. The number of hydrogen-bond donors (Lipinski definition) is 2. The van der Waals surface area contributed by atoms with Crippen LogP contribution in [0.4, 0.5) is 5.69 Å². The molecular formula is C22H25N3O7S. The Hall–Kier alpha value is -2.99. The van der Waals surface area contributed by atoms with Crippen molar-refractivity contribution in [1.82, 2.24) is 9.55 Å². The van der Waals surface area contributed by atoms with Gasteiger partial charge in [0, 0.05) is 48.7 Å². The summed E-state index contributed by atoms with van der Waals surface area (Å²) in [5, 5.41) is 11.0. The van der Waals surface area contributed by atoms with Crippen LogP contribution < -0.4 is 16.1 Å². The van der Waals surface area contributed by atoms with Gasteiger partial charge in [-0.15, -0.1) is 0 Å². The maximum atomic E-state index is 13.3. The van der Waals surface area contributed by atoms with Gasteiger partial charge in [0.05, 0.1) is 6.61 Å². The molecular weight excluding hydrogens is 450 g/mol. The zero-order valence-corrected chi connectivity index (χ0v) is 19.2. The first kappa shape index (κ1) is 23.2. The molecule has 0 amide bonds. The molecule has 0 bridgehead atoms. The van der Waals surface area contributed by atoms with Gasteiger partial charge in [-0.1, -0.05) is 24.3 Å². The zero-order chi connectivity index (χ0) is 23.9. The van der Waals surface area contributed by atoms with Crippen molar-refractivity contribution < 1.29 is 22.4 Å². The van der Waals surface area contributed by atoms with E-state index in [2.05, 4.69) is 4.98 Å². The van der Waals surface area contributed by atoms with Crippen LogP contribution in [0, 0.1) is 6.92 Å². The highest BCUT2D eigenvalue weighted by Crippen LogP contribution is 2.35. The number of aryl methyl sites for hydroxylation is 1. The molecule has 11 heteroatoms. The Bertz CT molecular complexity index is 1410. The van der Waals surface area contributed by atoms with Gasteiger partial charge >= 0.3 is 5.69 Å². The van der Waals surface area contributed by atoms with Gasteiger partial charge < -0.3 is 14.7 Å². The van der Waals surface area contributed by atoms with E-state index in [9.17, 15) is 23.1 Å². The summed E-state index contributed by atoms with van der Waals surface area (Å²) in [5.41, 5.74) is -0.0597. The second-order valence-electron chi connectivity index (χ2n) is 8.14. The monoisotopic (exact) mass is 475 g/mol. The van der Waals surface area contributed by atoms with Gasteiger partial charge in [0.25, 0.3) is 15.7 Å². The molecule has 0 radical (unpaired) electrons. The molecule has 0 aliphatic carbocycles. The number of ether oxygens (including phenoxy) is 1. The summed E-state index contributed by atoms with van der Waals surface area (Å²) >= 11 is 0. The number of aromatic nitrogens is 2. The predicted octanol–water partition coefficient (Wildman–Crippen LogP) is 1.12. The van der Waals surface area contributed by atoms with Gasteiger partial charge in [-0.25, -0.2) is 4.79 Å². The van der Waals surface area contributed by atoms with Gasteiger partial charge in [0.2, 0.25) is 0 Å². The number of aliphatic hydroxyl groups excluding tert-OH is 1. The fourth-order valence-electron chi connectivity index (χ4n) is 4.02. The minimum Gasteiger partial charge on any atom is -0.394 e. The van der Waals surface area contributed by atoms with E-state index in [1.807, 2.05) is 31.1 Å². The van der Waals surface area contributed by atoms with E-state index in [0.29, 0.717) is 10.9 Å². The van der Waals surface area contributed by atoms with Crippen molar-refractivity contribution in [1.29, 1.82) is 0 Å². The predicted molar refractivity (Wildman–Crippen MR) is 122 cm³/mol. The number of H-pyrrole nitrogens is 1. The van der Waals surface area contributed by atoms with Crippen LogP contribution in [0.5, 0.6) is 0 Å². The Morgan fingerprint density at radius 1 is 1.18 bits per heavy atom. The molecule has 2 heterocycles. The minimum absolute atomic E-state index is 0.000826. The molecule has 1 aliphatic rings. The third-order valence-electron chi connectivity index (χ3n) is 5.68. The Kier molecular flexibility index (Phi) is 6.14. The first-order chi connectivity index (χ1) is 15.6. The summed E-state index contributed by atoms with van der Waals surface area (Å²) in [5.74, 6) is 0. The molecule has 3 aromatic rings. The van der Waals surface area contributed by atoms with Crippen LogP contribution >= 0.6 is 0 Å². The molecule has 0 unspecified atom stereocenters. The number of benzene rings is 2. The van der Waals surface area contributed by atoms with E-state index >= 15 is 0 Å². The lowest BCUT2D eigenvalue weighted by Gasteiger charge is -2.19. The van der Waals surface area contributed by atoms with Crippen molar-refractivity contribution in [3.8, 4) is 0 Å². The highest BCUT2D eigenvalue weighted by Gasteiger charge is 2.40. The molecule has 176 valence electrons. The van der Waals surface area contributed by atoms with Crippen LogP contribution in [0.25, 0.3) is 10.8 Å². The lowest BCUT2D eigenvalue weighted by Crippen LogP contribution is -2.33. The Morgan fingerprint density at radius 2 is 1.88 bits per heavy atom. The molecule has 1 aromatic heterocycles. The van der Waals surface area contributed by atoms with Crippen molar-refractivity contribution in [2.75, 3.05) is 25.6 Å². The number of fused-ring (bicyclic) bond motifs is 1. The Morgan fingerprint density at radius 3 is 2.58 bits per heavy atom. The maximum absolute atomic E-state index is 13.3. The third kappa shape index (κ3) is 4.32. The van der Waals surface area contributed by atoms with E-state index in [4.69, 9.17) is 8.92 Å². The second kappa shape index (κ2) is 8.75. The van der Waals surface area contributed by atoms with Gasteiger partial charge in [-0.2, -0.15) is 8.42 Å². The van der Waals surface area contributed by atoms with Crippen molar-refractivity contribution in [2.45, 2.75) is 36.7 Å². The summed E-state index contributed by atoms with van der Waals surface area (Å²) in [6.45, 7) is 1.03. The average Bonchev–Trinajstić information content (AvgIpc) is 3.16. The lowest BCUT2D eigenvalue weighted by molar-refractivity contribution is -0.0414. The fraction of sp³-hybridized carbons (Fsp3) is 0.364. The third-order valence-corrected chi connectivity index (χ3v) is 7.07. The number of anilines is 1. The number of nitrogens with zero attached hydrogens (tertiary/aromatic N) is 2. The number of nitrogens with one attached hydrogen (secondary N) is 1. The Balaban J connectivity index is 1.67. The van der Waals surface area contributed by atoms with Crippen molar-refractivity contribution in [3.05, 3.63) is 69.0 Å². The van der Waals surface area contributed by atoms with Gasteiger partial charge in [-0.3, -0.25) is 18.5 Å². The molecule has 1 saturated heterocycles. The smallest absolute Gasteiger partial charge is 0.330 e. The second-order valence-corrected chi connectivity index (χ2v) is 9.68.